The number of aliphatic hydroxyl groups is 1. The number of nitrogens with zero attached hydrogens (tertiary/aromatic N) is 1. The molecule has 1 saturated heterocycles. The standard InChI is InChI=1S/C16H20ClNO3/c17-12-1-3-13(4-2-12)21-11-15(20)18-9-7-16(8-10-18)6-5-14(16)19/h1-4,14,19H,5-11H2. The summed E-state index contributed by atoms with van der Waals surface area (Å²) < 4.78 is 5.49. The molecule has 1 N–H and O–H groups in total. The van der Waals surface area contributed by atoms with E-state index in [9.17, 15) is 9.90 Å². The van der Waals surface area contributed by atoms with Crippen molar-refractivity contribution < 1.29 is 14.6 Å². The van der Waals surface area contributed by atoms with Crippen LogP contribution in [0.5, 0.6) is 5.75 Å². The topological polar surface area (TPSA) is 49.8 Å². The highest BCUT2D eigenvalue weighted by molar-refractivity contribution is 6.30. The van der Waals surface area contributed by atoms with E-state index in [0.717, 1.165) is 38.8 Å². The van der Waals surface area contributed by atoms with E-state index in [1.54, 1.807) is 24.3 Å². The maximum Gasteiger partial charge on any atom is 0.260 e. The van der Waals surface area contributed by atoms with E-state index in [0.29, 0.717) is 10.8 Å². The predicted molar refractivity (Wildman–Crippen MR) is 80.4 cm³/mol. The second-order valence-electron chi connectivity index (χ2n) is 6.04. The van der Waals surface area contributed by atoms with Crippen molar-refractivity contribution in [3.8, 4) is 5.75 Å². The van der Waals surface area contributed by atoms with Crippen LogP contribution >= 0.6 is 11.6 Å². The van der Waals surface area contributed by atoms with Gasteiger partial charge in [0.1, 0.15) is 5.75 Å². The van der Waals surface area contributed by atoms with E-state index in [-0.39, 0.29) is 24.0 Å². The van der Waals surface area contributed by atoms with Crippen LogP contribution in [0.2, 0.25) is 5.02 Å². The van der Waals surface area contributed by atoms with Crippen molar-refractivity contribution in [3.05, 3.63) is 29.3 Å². The van der Waals surface area contributed by atoms with Gasteiger partial charge in [0.25, 0.3) is 5.91 Å². The Labute approximate surface area is 129 Å². The zero-order valence-corrected chi connectivity index (χ0v) is 12.7. The molecule has 0 bridgehead atoms. The van der Waals surface area contributed by atoms with Crippen LogP contribution in [-0.4, -0.2) is 41.7 Å². The smallest absolute Gasteiger partial charge is 0.260 e. The average molecular weight is 310 g/mol. The molecule has 1 saturated carbocycles. The average Bonchev–Trinajstić information content (AvgIpc) is 2.52. The first-order valence-electron chi connectivity index (χ1n) is 7.43. The molecule has 1 amide bonds. The third-order valence-electron chi connectivity index (χ3n) is 4.91. The summed E-state index contributed by atoms with van der Waals surface area (Å²) in [5.41, 5.74) is 0.0911. The maximum atomic E-state index is 12.1. The van der Waals surface area contributed by atoms with Gasteiger partial charge in [-0.2, -0.15) is 0 Å². The van der Waals surface area contributed by atoms with Crippen molar-refractivity contribution in [2.75, 3.05) is 19.7 Å². The maximum absolute atomic E-state index is 12.1. The van der Waals surface area contributed by atoms with Crippen molar-refractivity contribution in [1.82, 2.24) is 4.90 Å². The number of benzene rings is 1. The van der Waals surface area contributed by atoms with Crippen molar-refractivity contribution in [1.29, 1.82) is 0 Å². The number of rotatable bonds is 3. The number of hydrogen-bond acceptors (Lipinski definition) is 3. The van der Waals surface area contributed by atoms with Gasteiger partial charge in [-0.25, -0.2) is 0 Å². The molecule has 1 aliphatic heterocycles. The monoisotopic (exact) mass is 309 g/mol. The van der Waals surface area contributed by atoms with E-state index in [4.69, 9.17) is 16.3 Å². The summed E-state index contributed by atoms with van der Waals surface area (Å²) in [6.45, 7) is 1.50. The van der Waals surface area contributed by atoms with Gasteiger partial charge in [-0.15, -0.1) is 0 Å². The van der Waals surface area contributed by atoms with E-state index in [2.05, 4.69) is 0 Å². The summed E-state index contributed by atoms with van der Waals surface area (Å²) in [5.74, 6) is 0.657. The van der Waals surface area contributed by atoms with Crippen LogP contribution in [0, 0.1) is 5.41 Å². The molecule has 114 valence electrons. The van der Waals surface area contributed by atoms with Gasteiger partial charge in [0, 0.05) is 18.1 Å². The highest BCUT2D eigenvalue weighted by Gasteiger charge is 2.47. The molecule has 0 aromatic heterocycles. The lowest BCUT2D eigenvalue weighted by molar-refractivity contribution is -0.143. The molecule has 3 rings (SSSR count). The summed E-state index contributed by atoms with van der Waals surface area (Å²) in [6, 6.07) is 6.99. The van der Waals surface area contributed by atoms with Gasteiger partial charge in [-0.1, -0.05) is 11.6 Å². The van der Waals surface area contributed by atoms with E-state index in [1.165, 1.54) is 0 Å². The van der Waals surface area contributed by atoms with Crippen LogP contribution in [0.25, 0.3) is 0 Å². The normalized spacial score (nSPS) is 23.7. The van der Waals surface area contributed by atoms with Crippen molar-refractivity contribution in [2.24, 2.45) is 5.41 Å². The van der Waals surface area contributed by atoms with Gasteiger partial charge in [-0.05, 0) is 55.4 Å². The molecule has 1 heterocycles. The number of ether oxygens (including phenoxy) is 1. The van der Waals surface area contributed by atoms with E-state index < -0.39 is 0 Å². The molecule has 1 aromatic carbocycles. The highest BCUT2D eigenvalue weighted by Crippen LogP contribution is 2.48. The first kappa shape index (κ1) is 14.7. The van der Waals surface area contributed by atoms with E-state index >= 15 is 0 Å². The van der Waals surface area contributed by atoms with Crippen LogP contribution in [-0.2, 0) is 4.79 Å². The largest absolute Gasteiger partial charge is 0.484 e. The molecule has 1 aromatic rings. The second-order valence-corrected chi connectivity index (χ2v) is 6.48. The zero-order valence-electron chi connectivity index (χ0n) is 11.9. The number of carbonyl (C=O) groups excluding carboxylic acids is 1. The van der Waals surface area contributed by atoms with Crippen LogP contribution in [0.15, 0.2) is 24.3 Å². The zero-order chi connectivity index (χ0) is 14.9. The molecule has 1 unspecified atom stereocenters. The Bertz CT molecular complexity index is 509. The lowest BCUT2D eigenvalue weighted by Gasteiger charge is -2.51. The number of likely N-dealkylation sites (tertiary alicyclic amines) is 1. The number of hydrogen-bond donors (Lipinski definition) is 1. The Hall–Kier alpha value is -1.26. The van der Waals surface area contributed by atoms with Gasteiger partial charge in [-0.3, -0.25) is 4.79 Å². The van der Waals surface area contributed by atoms with Crippen molar-refractivity contribution in [3.63, 3.8) is 0 Å². The molecular formula is C16H20ClNO3. The van der Waals surface area contributed by atoms with Gasteiger partial charge in [0.05, 0.1) is 6.10 Å². The molecule has 1 spiro atoms. The molecule has 2 aliphatic rings. The molecule has 4 nitrogen and oxygen atoms in total. The van der Waals surface area contributed by atoms with E-state index in [1.807, 2.05) is 4.90 Å². The number of halogens is 1. The van der Waals surface area contributed by atoms with Crippen molar-refractivity contribution in [2.45, 2.75) is 31.8 Å². The molecule has 1 atom stereocenters. The Morgan fingerprint density at radius 3 is 2.48 bits per heavy atom. The Morgan fingerprint density at radius 2 is 1.95 bits per heavy atom. The Kier molecular flexibility index (Phi) is 4.09. The van der Waals surface area contributed by atoms with Crippen LogP contribution in [0.3, 0.4) is 0 Å². The molecule has 0 radical (unpaired) electrons. The number of aliphatic hydroxyl groups excluding tert-OH is 1. The SMILES string of the molecule is O=C(COc1ccc(Cl)cc1)N1CCC2(CCC2O)CC1. The lowest BCUT2D eigenvalue weighted by Crippen LogP contribution is -2.53. The third-order valence-corrected chi connectivity index (χ3v) is 5.16. The summed E-state index contributed by atoms with van der Waals surface area (Å²) in [6.07, 6.45) is 3.65. The summed E-state index contributed by atoms with van der Waals surface area (Å²) in [4.78, 5) is 14.0. The van der Waals surface area contributed by atoms with Crippen LogP contribution in [0.4, 0.5) is 0 Å². The number of piperidine rings is 1. The van der Waals surface area contributed by atoms with Gasteiger partial charge in [0.2, 0.25) is 0 Å². The summed E-state index contributed by atoms with van der Waals surface area (Å²) >= 11 is 5.80. The summed E-state index contributed by atoms with van der Waals surface area (Å²) in [7, 11) is 0. The fourth-order valence-corrected chi connectivity index (χ4v) is 3.36. The third kappa shape index (κ3) is 3.01. The van der Waals surface area contributed by atoms with Crippen LogP contribution in [0.1, 0.15) is 25.7 Å². The first-order chi connectivity index (χ1) is 10.1. The van der Waals surface area contributed by atoms with Crippen molar-refractivity contribution >= 4 is 17.5 Å². The Morgan fingerprint density at radius 1 is 1.29 bits per heavy atom. The summed E-state index contributed by atoms with van der Waals surface area (Å²) in [5, 5.41) is 10.5. The molecular weight excluding hydrogens is 290 g/mol. The predicted octanol–water partition coefficient (Wildman–Crippen LogP) is 2.48. The van der Waals surface area contributed by atoms with Gasteiger partial charge < -0.3 is 14.7 Å². The molecule has 1 aliphatic carbocycles. The Balaban J connectivity index is 1.47. The molecule has 21 heavy (non-hydrogen) atoms. The fourth-order valence-electron chi connectivity index (χ4n) is 3.23. The number of carbonyl (C=O) groups is 1. The first-order valence-corrected chi connectivity index (χ1v) is 7.81. The minimum Gasteiger partial charge on any atom is -0.484 e. The van der Waals surface area contributed by atoms with Gasteiger partial charge >= 0.3 is 0 Å². The fraction of sp³-hybridized carbons (Fsp3) is 0.562. The molecule has 2 fully saturated rings. The number of amides is 1. The minimum absolute atomic E-state index is 0.00798. The highest BCUT2D eigenvalue weighted by atomic mass is 35.5. The second kappa shape index (κ2) is 5.85. The van der Waals surface area contributed by atoms with Gasteiger partial charge in [0.15, 0.2) is 6.61 Å². The minimum atomic E-state index is -0.167. The van der Waals surface area contributed by atoms with Crippen LogP contribution < -0.4 is 4.74 Å². The lowest BCUT2D eigenvalue weighted by atomic mass is 9.61. The quantitative estimate of drug-likeness (QED) is 0.933. The molecule has 5 heteroatoms.